The van der Waals surface area contributed by atoms with Crippen LogP contribution in [0.15, 0.2) is 35.4 Å². The number of hydrogen-bond donors (Lipinski definition) is 0. The zero-order valence-corrected chi connectivity index (χ0v) is 17.3. The molecular weight excluding hydrogens is 412 g/mol. The van der Waals surface area contributed by atoms with Crippen molar-refractivity contribution in [2.45, 2.75) is 12.8 Å². The van der Waals surface area contributed by atoms with Crippen LogP contribution in [-0.2, 0) is 28.7 Å². The third kappa shape index (κ3) is 5.32. The first kappa shape index (κ1) is 21.7. The minimum atomic E-state index is -0.525. The molecule has 30 heavy (non-hydrogen) atoms. The Labute approximate surface area is 177 Å². The van der Waals surface area contributed by atoms with Gasteiger partial charge in [-0.15, -0.1) is 0 Å². The van der Waals surface area contributed by atoms with Crippen LogP contribution in [0.2, 0.25) is 0 Å². The molecule has 0 aliphatic carbocycles. The van der Waals surface area contributed by atoms with Crippen LogP contribution in [0.1, 0.15) is 12.8 Å². The van der Waals surface area contributed by atoms with Crippen LogP contribution in [0.4, 0.5) is 5.69 Å². The van der Waals surface area contributed by atoms with E-state index in [-0.39, 0.29) is 43.7 Å². The van der Waals surface area contributed by atoms with E-state index in [4.69, 9.17) is 9.47 Å². The van der Waals surface area contributed by atoms with Crippen LogP contribution in [0.5, 0.6) is 5.75 Å². The minimum Gasteiger partial charge on any atom is -0.482 e. The summed E-state index contributed by atoms with van der Waals surface area (Å²) in [7, 11) is 1.27. The fourth-order valence-corrected chi connectivity index (χ4v) is 3.97. The first-order chi connectivity index (χ1) is 14.5. The van der Waals surface area contributed by atoms with Crippen molar-refractivity contribution in [3.63, 3.8) is 0 Å². The van der Waals surface area contributed by atoms with Gasteiger partial charge in [0.25, 0.3) is 5.91 Å². The molecule has 3 rings (SSSR count). The van der Waals surface area contributed by atoms with E-state index < -0.39 is 11.9 Å². The number of ether oxygens (including phenoxy) is 3. The number of amides is 2. The summed E-state index contributed by atoms with van der Waals surface area (Å²) in [6.45, 7) is 0.602. The van der Waals surface area contributed by atoms with E-state index in [0.29, 0.717) is 29.4 Å². The highest BCUT2D eigenvalue weighted by Gasteiger charge is 2.27. The van der Waals surface area contributed by atoms with Crippen LogP contribution >= 0.6 is 11.8 Å². The number of thioether (sulfide) groups is 1. The molecule has 1 saturated heterocycles. The number of anilines is 1. The topological polar surface area (TPSA) is 102 Å². The van der Waals surface area contributed by atoms with Crippen molar-refractivity contribution in [2.24, 2.45) is 0 Å². The highest BCUT2D eigenvalue weighted by atomic mass is 32.2. The predicted molar refractivity (Wildman–Crippen MR) is 109 cm³/mol. The Kier molecular flexibility index (Phi) is 7.34. The molecule has 1 aromatic rings. The monoisotopic (exact) mass is 434 g/mol. The van der Waals surface area contributed by atoms with Crippen LogP contribution in [0.25, 0.3) is 0 Å². The maximum absolute atomic E-state index is 12.1. The molecular formula is C20H22N2O7S. The molecule has 2 heterocycles. The molecule has 9 nitrogen and oxygen atoms in total. The minimum absolute atomic E-state index is 0.0477. The quantitative estimate of drug-likeness (QED) is 0.343. The van der Waals surface area contributed by atoms with Crippen LogP contribution < -0.4 is 9.64 Å². The number of esters is 2. The van der Waals surface area contributed by atoms with Gasteiger partial charge in [-0.25, -0.2) is 4.79 Å². The lowest BCUT2D eigenvalue weighted by molar-refractivity contribution is -0.143. The normalized spacial score (nSPS) is 17.0. The van der Waals surface area contributed by atoms with Crippen molar-refractivity contribution in [2.75, 3.05) is 44.1 Å². The molecule has 2 aliphatic heterocycles. The first-order valence-corrected chi connectivity index (χ1v) is 10.4. The molecule has 0 unspecified atom stereocenters. The number of benzene rings is 1. The zero-order valence-electron chi connectivity index (χ0n) is 16.5. The number of carbonyl (C=O) groups excluding carboxylic acids is 4. The summed E-state index contributed by atoms with van der Waals surface area (Å²) in [6.07, 6.45) is 1.75. The Balaban J connectivity index is 1.42. The lowest BCUT2D eigenvalue weighted by Gasteiger charge is -2.29. The molecule has 0 spiro atoms. The summed E-state index contributed by atoms with van der Waals surface area (Å²) < 4.78 is 15.2. The van der Waals surface area contributed by atoms with Crippen LogP contribution in [0, 0.1) is 0 Å². The van der Waals surface area contributed by atoms with E-state index in [0.717, 1.165) is 0 Å². The SMILES string of the molecule is COC(=O)C=C1SCC(=O)N1CCCOC(=O)CCN1C(=O)COc2ccccc21. The number of para-hydroxylation sites is 2. The van der Waals surface area contributed by atoms with Crippen molar-refractivity contribution in [1.29, 1.82) is 0 Å². The lowest BCUT2D eigenvalue weighted by Crippen LogP contribution is -2.40. The highest BCUT2D eigenvalue weighted by molar-refractivity contribution is 8.04. The average Bonchev–Trinajstić information content (AvgIpc) is 3.09. The van der Waals surface area contributed by atoms with E-state index in [2.05, 4.69) is 4.74 Å². The van der Waals surface area contributed by atoms with E-state index in [1.54, 1.807) is 18.2 Å². The fourth-order valence-electron chi connectivity index (χ4n) is 3.01. The Morgan fingerprint density at radius 1 is 1.17 bits per heavy atom. The fraction of sp³-hybridized carbons (Fsp3) is 0.400. The number of hydrogen-bond acceptors (Lipinski definition) is 8. The molecule has 2 amide bonds. The third-order valence-corrected chi connectivity index (χ3v) is 5.52. The molecule has 0 bridgehead atoms. The van der Waals surface area contributed by atoms with Gasteiger partial charge < -0.3 is 24.0 Å². The predicted octanol–water partition coefficient (Wildman–Crippen LogP) is 1.33. The lowest BCUT2D eigenvalue weighted by atomic mass is 10.2. The Morgan fingerprint density at radius 2 is 1.97 bits per heavy atom. The maximum atomic E-state index is 12.1. The molecule has 0 aromatic heterocycles. The van der Waals surface area contributed by atoms with Gasteiger partial charge in [-0.3, -0.25) is 14.4 Å². The highest BCUT2D eigenvalue weighted by Crippen LogP contribution is 2.31. The molecule has 1 aromatic carbocycles. The molecule has 2 aliphatic rings. The third-order valence-electron chi connectivity index (χ3n) is 4.49. The van der Waals surface area contributed by atoms with Gasteiger partial charge in [-0.2, -0.15) is 0 Å². The summed E-state index contributed by atoms with van der Waals surface area (Å²) in [4.78, 5) is 50.5. The molecule has 0 N–H and O–H groups in total. The summed E-state index contributed by atoms with van der Waals surface area (Å²) in [6, 6.07) is 7.15. The van der Waals surface area contributed by atoms with E-state index in [9.17, 15) is 19.2 Å². The Hall–Kier alpha value is -3.01. The van der Waals surface area contributed by atoms with E-state index in [1.165, 1.54) is 34.7 Å². The van der Waals surface area contributed by atoms with Gasteiger partial charge >= 0.3 is 11.9 Å². The summed E-state index contributed by atoms with van der Waals surface area (Å²) in [5, 5.41) is 0.530. The summed E-state index contributed by atoms with van der Waals surface area (Å²) >= 11 is 1.27. The molecule has 0 atom stereocenters. The van der Waals surface area contributed by atoms with Crippen molar-refractivity contribution in [3.05, 3.63) is 35.4 Å². The van der Waals surface area contributed by atoms with Gasteiger partial charge in [0.15, 0.2) is 6.61 Å². The van der Waals surface area contributed by atoms with Gasteiger partial charge in [0.05, 0.1) is 42.7 Å². The second-order valence-corrected chi connectivity index (χ2v) is 7.46. The van der Waals surface area contributed by atoms with E-state index >= 15 is 0 Å². The molecule has 0 radical (unpaired) electrons. The number of rotatable bonds is 8. The molecule has 160 valence electrons. The number of methoxy groups -OCH3 is 1. The smallest absolute Gasteiger partial charge is 0.333 e. The Bertz CT molecular complexity index is 870. The zero-order chi connectivity index (χ0) is 21.5. The molecule has 10 heteroatoms. The summed E-state index contributed by atoms with van der Waals surface area (Å²) in [5.74, 6) is -0.406. The van der Waals surface area contributed by atoms with Gasteiger partial charge in [-0.05, 0) is 18.6 Å². The molecule has 0 saturated carbocycles. The largest absolute Gasteiger partial charge is 0.482 e. The van der Waals surface area contributed by atoms with Crippen LogP contribution in [0.3, 0.4) is 0 Å². The van der Waals surface area contributed by atoms with Crippen molar-refractivity contribution >= 4 is 41.2 Å². The van der Waals surface area contributed by atoms with Crippen molar-refractivity contribution in [3.8, 4) is 5.75 Å². The standard InChI is InChI=1S/C20H22N2O7S/c1-27-20(26)11-18-22(17(24)13-30-18)8-4-10-28-19(25)7-9-21-14-5-2-3-6-15(14)29-12-16(21)23/h2-3,5-6,11H,4,7-10,12-13H2,1H3. The number of nitrogens with zero attached hydrogens (tertiary/aromatic N) is 2. The maximum Gasteiger partial charge on any atom is 0.333 e. The van der Waals surface area contributed by atoms with Gasteiger partial charge in [-0.1, -0.05) is 23.9 Å². The van der Waals surface area contributed by atoms with E-state index in [1.807, 2.05) is 6.07 Å². The second kappa shape index (κ2) is 10.1. The van der Waals surface area contributed by atoms with Crippen LogP contribution in [-0.4, -0.2) is 67.8 Å². The van der Waals surface area contributed by atoms with Crippen molar-refractivity contribution in [1.82, 2.24) is 4.90 Å². The van der Waals surface area contributed by atoms with Gasteiger partial charge in [0.2, 0.25) is 5.91 Å². The first-order valence-electron chi connectivity index (χ1n) is 9.40. The average molecular weight is 434 g/mol. The van der Waals surface area contributed by atoms with Crippen molar-refractivity contribution < 1.29 is 33.4 Å². The second-order valence-electron chi connectivity index (χ2n) is 6.47. The summed E-state index contributed by atoms with van der Waals surface area (Å²) in [5.41, 5.74) is 0.636. The van der Waals surface area contributed by atoms with Gasteiger partial charge in [0.1, 0.15) is 5.75 Å². The van der Waals surface area contributed by atoms with Gasteiger partial charge in [0, 0.05) is 13.1 Å². The number of fused-ring (bicyclic) bond motifs is 1. The Morgan fingerprint density at radius 3 is 2.77 bits per heavy atom. The molecule has 1 fully saturated rings. The number of carbonyl (C=O) groups is 4.